The third-order valence-electron chi connectivity index (χ3n) is 5.22. The van der Waals surface area contributed by atoms with Gasteiger partial charge in [0.15, 0.2) is 0 Å². The molecule has 1 fully saturated rings. The monoisotopic (exact) mass is 394 g/mol. The third kappa shape index (κ3) is 4.26. The Labute approximate surface area is 169 Å². The van der Waals surface area contributed by atoms with E-state index in [-0.39, 0.29) is 5.91 Å². The minimum Gasteiger partial charge on any atom is -0.351 e. The molecule has 0 spiro atoms. The zero-order chi connectivity index (χ0) is 19.3. The van der Waals surface area contributed by atoms with Crippen molar-refractivity contribution in [3.63, 3.8) is 0 Å². The van der Waals surface area contributed by atoms with Crippen LogP contribution in [0.5, 0.6) is 0 Å². The highest BCUT2D eigenvalue weighted by Gasteiger charge is 2.23. The second kappa shape index (κ2) is 8.59. The molecule has 4 rings (SSSR count). The molecule has 28 heavy (non-hydrogen) atoms. The van der Waals surface area contributed by atoms with E-state index in [1.165, 1.54) is 5.56 Å². The van der Waals surface area contributed by atoms with Crippen molar-refractivity contribution >= 4 is 17.5 Å². The number of hydrogen-bond donors (Lipinski definition) is 1. The Morgan fingerprint density at radius 3 is 2.82 bits per heavy atom. The highest BCUT2D eigenvalue weighted by Crippen LogP contribution is 2.26. The maximum Gasteiger partial charge on any atom is 0.252 e. The van der Waals surface area contributed by atoms with E-state index in [1.807, 2.05) is 18.3 Å². The second-order valence-electron chi connectivity index (χ2n) is 7.07. The van der Waals surface area contributed by atoms with Crippen LogP contribution >= 0.6 is 11.6 Å². The van der Waals surface area contributed by atoms with Gasteiger partial charge in [0.25, 0.3) is 5.91 Å². The van der Waals surface area contributed by atoms with Crippen molar-refractivity contribution in [3.05, 3.63) is 83.1 Å². The number of benzene rings is 2. The number of aromatic nitrogens is 2. The molecule has 1 atom stereocenters. The standard InChI is InChI=1S/C22H23ClN4O/c23-21-8-7-19(27-12-4-10-25-27)15-20(21)22(28)24-11-14-26-13-9-18(16-26)17-5-2-1-3-6-17/h1-8,10,12,15,18H,9,11,13-14,16H2,(H,24,28). The van der Waals surface area contributed by atoms with Crippen molar-refractivity contribution in [2.75, 3.05) is 26.2 Å². The predicted molar refractivity (Wildman–Crippen MR) is 111 cm³/mol. The van der Waals surface area contributed by atoms with Gasteiger partial charge in [0.05, 0.1) is 16.3 Å². The highest BCUT2D eigenvalue weighted by atomic mass is 35.5. The average Bonchev–Trinajstić information content (AvgIpc) is 3.41. The maximum absolute atomic E-state index is 12.6. The van der Waals surface area contributed by atoms with Gasteiger partial charge < -0.3 is 10.2 Å². The first-order valence-electron chi connectivity index (χ1n) is 9.56. The van der Waals surface area contributed by atoms with Gasteiger partial charge in [-0.25, -0.2) is 4.68 Å². The van der Waals surface area contributed by atoms with Crippen molar-refractivity contribution in [1.29, 1.82) is 0 Å². The van der Waals surface area contributed by atoms with Gasteiger partial charge in [-0.2, -0.15) is 5.10 Å². The summed E-state index contributed by atoms with van der Waals surface area (Å²) < 4.78 is 1.71. The molecule has 0 radical (unpaired) electrons. The summed E-state index contributed by atoms with van der Waals surface area (Å²) in [4.78, 5) is 15.0. The molecule has 0 bridgehead atoms. The number of carbonyl (C=O) groups is 1. The Morgan fingerprint density at radius 1 is 1.18 bits per heavy atom. The molecule has 1 aliphatic heterocycles. The fourth-order valence-electron chi connectivity index (χ4n) is 3.71. The zero-order valence-corrected chi connectivity index (χ0v) is 16.3. The van der Waals surface area contributed by atoms with E-state index in [0.717, 1.165) is 31.7 Å². The lowest BCUT2D eigenvalue weighted by atomic mass is 9.99. The molecule has 1 saturated heterocycles. The maximum atomic E-state index is 12.6. The number of nitrogens with zero attached hydrogens (tertiary/aromatic N) is 3. The quantitative estimate of drug-likeness (QED) is 0.692. The van der Waals surface area contributed by atoms with E-state index in [2.05, 4.69) is 45.6 Å². The molecule has 1 aromatic heterocycles. The third-order valence-corrected chi connectivity index (χ3v) is 5.55. The molecule has 5 nitrogen and oxygen atoms in total. The van der Waals surface area contributed by atoms with Crippen molar-refractivity contribution in [2.24, 2.45) is 0 Å². The fourth-order valence-corrected chi connectivity index (χ4v) is 3.91. The Hall–Kier alpha value is -2.63. The van der Waals surface area contributed by atoms with E-state index in [0.29, 0.717) is 23.0 Å². The molecule has 0 saturated carbocycles. The number of amides is 1. The molecule has 1 aliphatic rings. The van der Waals surface area contributed by atoms with Gasteiger partial charge in [-0.3, -0.25) is 4.79 Å². The predicted octanol–water partition coefficient (Wildman–Crippen LogP) is 3.75. The minimum absolute atomic E-state index is 0.155. The Balaban J connectivity index is 1.31. The Bertz CT molecular complexity index is 927. The van der Waals surface area contributed by atoms with E-state index in [9.17, 15) is 4.79 Å². The molecule has 144 valence electrons. The Morgan fingerprint density at radius 2 is 2.04 bits per heavy atom. The van der Waals surface area contributed by atoms with Crippen molar-refractivity contribution in [1.82, 2.24) is 20.0 Å². The molecular weight excluding hydrogens is 372 g/mol. The van der Waals surface area contributed by atoms with Crippen LogP contribution in [0.4, 0.5) is 0 Å². The van der Waals surface area contributed by atoms with E-state index in [1.54, 1.807) is 23.0 Å². The fraction of sp³-hybridized carbons (Fsp3) is 0.273. The van der Waals surface area contributed by atoms with Crippen LogP contribution in [0.15, 0.2) is 67.0 Å². The first kappa shape index (κ1) is 18.7. The number of likely N-dealkylation sites (tertiary alicyclic amines) is 1. The lowest BCUT2D eigenvalue weighted by molar-refractivity contribution is 0.0950. The topological polar surface area (TPSA) is 50.2 Å². The summed E-state index contributed by atoms with van der Waals surface area (Å²) in [5.74, 6) is 0.426. The van der Waals surface area contributed by atoms with Gasteiger partial charge in [0.1, 0.15) is 0 Å². The normalized spacial score (nSPS) is 17.0. The van der Waals surface area contributed by atoms with E-state index in [4.69, 9.17) is 11.6 Å². The summed E-state index contributed by atoms with van der Waals surface area (Å²) in [7, 11) is 0. The van der Waals surface area contributed by atoms with Crippen LogP contribution in [0.25, 0.3) is 5.69 Å². The summed E-state index contributed by atoms with van der Waals surface area (Å²) in [5.41, 5.74) is 2.68. The number of halogens is 1. The van der Waals surface area contributed by atoms with Gasteiger partial charge in [0, 0.05) is 32.0 Å². The summed E-state index contributed by atoms with van der Waals surface area (Å²) in [5, 5.41) is 7.64. The van der Waals surface area contributed by atoms with E-state index < -0.39 is 0 Å². The van der Waals surface area contributed by atoms with Gasteiger partial charge in [0.2, 0.25) is 0 Å². The average molecular weight is 395 g/mol. The van der Waals surface area contributed by atoms with Crippen molar-refractivity contribution in [3.8, 4) is 5.69 Å². The largest absolute Gasteiger partial charge is 0.351 e. The van der Waals surface area contributed by atoms with Crippen molar-refractivity contribution in [2.45, 2.75) is 12.3 Å². The number of hydrogen-bond acceptors (Lipinski definition) is 3. The molecule has 6 heteroatoms. The van der Waals surface area contributed by atoms with Gasteiger partial charge >= 0.3 is 0 Å². The van der Waals surface area contributed by atoms with Crippen LogP contribution in [0.2, 0.25) is 5.02 Å². The van der Waals surface area contributed by atoms with Crippen LogP contribution in [-0.2, 0) is 0 Å². The minimum atomic E-state index is -0.155. The molecule has 1 N–H and O–H groups in total. The second-order valence-corrected chi connectivity index (χ2v) is 7.47. The summed E-state index contributed by atoms with van der Waals surface area (Å²) >= 11 is 6.24. The van der Waals surface area contributed by atoms with Crippen LogP contribution < -0.4 is 5.32 Å². The molecule has 1 unspecified atom stereocenters. The first-order valence-corrected chi connectivity index (χ1v) is 9.93. The smallest absolute Gasteiger partial charge is 0.252 e. The van der Waals surface area contributed by atoms with Crippen LogP contribution in [0, 0.1) is 0 Å². The van der Waals surface area contributed by atoms with Crippen LogP contribution in [-0.4, -0.2) is 46.8 Å². The number of nitrogens with one attached hydrogen (secondary N) is 1. The summed E-state index contributed by atoms with van der Waals surface area (Å²) in [6.45, 7) is 3.54. The molecule has 2 aromatic carbocycles. The van der Waals surface area contributed by atoms with Gasteiger partial charge in [-0.15, -0.1) is 0 Å². The van der Waals surface area contributed by atoms with Gasteiger partial charge in [-0.05, 0) is 48.7 Å². The molecule has 2 heterocycles. The Kier molecular flexibility index (Phi) is 5.74. The number of carbonyl (C=O) groups excluding carboxylic acids is 1. The van der Waals surface area contributed by atoms with Crippen LogP contribution in [0.1, 0.15) is 28.3 Å². The molecule has 0 aliphatic carbocycles. The molecule has 1 amide bonds. The number of rotatable bonds is 6. The lowest BCUT2D eigenvalue weighted by Gasteiger charge is -2.17. The van der Waals surface area contributed by atoms with E-state index >= 15 is 0 Å². The summed E-state index contributed by atoms with van der Waals surface area (Å²) in [6.07, 6.45) is 4.70. The molecule has 3 aromatic rings. The van der Waals surface area contributed by atoms with Crippen LogP contribution in [0.3, 0.4) is 0 Å². The molecular formula is C22H23ClN4O. The summed E-state index contributed by atoms with van der Waals surface area (Å²) in [6, 6.07) is 17.8. The lowest BCUT2D eigenvalue weighted by Crippen LogP contribution is -2.34. The SMILES string of the molecule is O=C(NCCN1CCC(c2ccccc2)C1)c1cc(-n2cccn2)ccc1Cl. The first-order chi connectivity index (χ1) is 13.7. The zero-order valence-electron chi connectivity index (χ0n) is 15.6. The van der Waals surface area contributed by atoms with Crippen molar-refractivity contribution < 1.29 is 4.79 Å². The van der Waals surface area contributed by atoms with Gasteiger partial charge in [-0.1, -0.05) is 41.9 Å². The highest BCUT2D eigenvalue weighted by molar-refractivity contribution is 6.33.